The van der Waals surface area contributed by atoms with Crippen molar-refractivity contribution in [2.45, 2.75) is 18.6 Å². The third kappa shape index (κ3) is 2.35. The van der Waals surface area contributed by atoms with E-state index in [1.54, 1.807) is 6.20 Å². The average molecular weight is 278 g/mol. The second-order valence-corrected chi connectivity index (χ2v) is 6.01. The van der Waals surface area contributed by atoms with Gasteiger partial charge in [-0.3, -0.25) is 0 Å². The maximum Gasteiger partial charge on any atom is 0.180 e. The molecule has 0 aliphatic carbocycles. The Labute approximate surface area is 116 Å². The smallest absolute Gasteiger partial charge is 0.180 e. The van der Waals surface area contributed by atoms with Crippen molar-refractivity contribution in [3.63, 3.8) is 0 Å². The van der Waals surface area contributed by atoms with Crippen molar-refractivity contribution in [3.8, 4) is 0 Å². The molecule has 3 heterocycles. The molecule has 19 heavy (non-hydrogen) atoms. The lowest BCUT2D eigenvalue weighted by molar-refractivity contribution is 0.720. The van der Waals surface area contributed by atoms with E-state index in [0.29, 0.717) is 11.1 Å². The molecule has 1 saturated heterocycles. The molecule has 0 saturated carbocycles. The summed E-state index contributed by atoms with van der Waals surface area (Å²) in [6.07, 6.45) is 6.73. The number of imidazole rings is 1. The van der Waals surface area contributed by atoms with Crippen LogP contribution in [0.2, 0.25) is 0 Å². The number of nitrogens with one attached hydrogen (secondary N) is 1. The van der Waals surface area contributed by atoms with Gasteiger partial charge in [0.1, 0.15) is 0 Å². The van der Waals surface area contributed by atoms with Gasteiger partial charge in [0.2, 0.25) is 0 Å². The van der Waals surface area contributed by atoms with Crippen LogP contribution in [-0.2, 0) is 0 Å². The lowest BCUT2D eigenvalue weighted by Crippen LogP contribution is -2.38. The summed E-state index contributed by atoms with van der Waals surface area (Å²) in [5.74, 6) is 8.20. The second-order valence-electron chi connectivity index (χ2n) is 4.60. The van der Waals surface area contributed by atoms with E-state index >= 15 is 0 Å². The van der Waals surface area contributed by atoms with Crippen molar-refractivity contribution in [1.29, 1.82) is 0 Å². The Morgan fingerprint density at radius 1 is 1.58 bits per heavy atom. The van der Waals surface area contributed by atoms with Crippen LogP contribution in [0, 0.1) is 0 Å². The van der Waals surface area contributed by atoms with Gasteiger partial charge in [-0.1, -0.05) is 6.92 Å². The number of rotatable bonds is 3. The average Bonchev–Trinajstić information content (AvgIpc) is 2.94. The van der Waals surface area contributed by atoms with E-state index in [2.05, 4.69) is 27.2 Å². The summed E-state index contributed by atoms with van der Waals surface area (Å²) in [6, 6.07) is 0. The van der Waals surface area contributed by atoms with Crippen LogP contribution < -0.4 is 16.2 Å². The van der Waals surface area contributed by atoms with Gasteiger partial charge in [0, 0.05) is 36.5 Å². The largest absolute Gasteiger partial charge is 0.352 e. The minimum absolute atomic E-state index is 0.659. The molecular weight excluding hydrogens is 260 g/mol. The number of hydrogen-bond donors (Lipinski definition) is 2. The first-order valence-electron chi connectivity index (χ1n) is 6.48. The summed E-state index contributed by atoms with van der Waals surface area (Å²) < 4.78 is 1.96. The van der Waals surface area contributed by atoms with Crippen molar-refractivity contribution in [3.05, 3.63) is 18.6 Å². The molecule has 3 N–H and O–H groups in total. The molecule has 7 heteroatoms. The Morgan fingerprint density at radius 3 is 3.26 bits per heavy atom. The first kappa shape index (κ1) is 12.6. The fraction of sp³-hybridized carbons (Fsp3) is 0.500. The predicted octanol–water partition coefficient (Wildman–Crippen LogP) is 1.35. The first-order valence-corrected chi connectivity index (χ1v) is 7.53. The second kappa shape index (κ2) is 5.26. The van der Waals surface area contributed by atoms with Gasteiger partial charge in [-0.15, -0.1) is 0 Å². The molecule has 2 aromatic heterocycles. The molecule has 0 spiro atoms. The highest BCUT2D eigenvalue weighted by Gasteiger charge is 2.22. The van der Waals surface area contributed by atoms with Crippen LogP contribution >= 0.6 is 11.8 Å². The fourth-order valence-corrected chi connectivity index (χ4v) is 3.54. The molecule has 102 valence electrons. The minimum Gasteiger partial charge on any atom is -0.352 e. The number of hydrogen-bond acceptors (Lipinski definition) is 6. The molecule has 2 aromatic rings. The maximum absolute atomic E-state index is 5.49. The molecule has 1 unspecified atom stereocenters. The topological polar surface area (TPSA) is 71.5 Å². The van der Waals surface area contributed by atoms with Crippen LogP contribution in [0.1, 0.15) is 13.3 Å². The number of nitrogen functional groups attached to an aromatic ring is 1. The molecule has 0 bridgehead atoms. The van der Waals surface area contributed by atoms with Gasteiger partial charge in [-0.2, -0.15) is 11.8 Å². The highest BCUT2D eigenvalue weighted by molar-refractivity contribution is 8.00. The number of thioether (sulfide) groups is 1. The number of aromatic nitrogens is 3. The van der Waals surface area contributed by atoms with E-state index in [0.717, 1.165) is 30.3 Å². The van der Waals surface area contributed by atoms with Gasteiger partial charge in [-0.05, 0) is 6.42 Å². The van der Waals surface area contributed by atoms with Crippen LogP contribution in [0.25, 0.3) is 5.65 Å². The SMILES string of the molecule is CCC1CN(c2nc(NN)cn3ccnc23)CCS1. The molecule has 1 fully saturated rings. The Bertz CT molecular complexity index is 568. The summed E-state index contributed by atoms with van der Waals surface area (Å²) >= 11 is 2.04. The number of fused-ring (bicyclic) bond motifs is 1. The van der Waals surface area contributed by atoms with Gasteiger partial charge in [0.15, 0.2) is 17.3 Å². The molecule has 3 rings (SSSR count). The standard InChI is InChI=1S/C12H18N6S/c1-2-9-7-18(5-6-19-9)12-11-14-3-4-17(11)8-10(15-12)16-13/h3-4,8-9,16H,2,5-7,13H2,1H3. The lowest BCUT2D eigenvalue weighted by Gasteiger charge is -2.32. The van der Waals surface area contributed by atoms with Gasteiger partial charge in [0.25, 0.3) is 0 Å². The summed E-state index contributed by atoms with van der Waals surface area (Å²) in [5.41, 5.74) is 3.51. The molecule has 0 amide bonds. The zero-order valence-electron chi connectivity index (χ0n) is 10.9. The van der Waals surface area contributed by atoms with Crippen LogP contribution in [0.5, 0.6) is 0 Å². The van der Waals surface area contributed by atoms with Crippen molar-refractivity contribution < 1.29 is 0 Å². The van der Waals surface area contributed by atoms with E-state index < -0.39 is 0 Å². The Hall–Kier alpha value is -1.47. The van der Waals surface area contributed by atoms with Crippen LogP contribution in [0.4, 0.5) is 11.6 Å². The minimum atomic E-state index is 0.659. The van der Waals surface area contributed by atoms with Crippen LogP contribution in [0.15, 0.2) is 18.6 Å². The molecular formula is C12H18N6S. The van der Waals surface area contributed by atoms with E-state index in [4.69, 9.17) is 5.84 Å². The zero-order chi connectivity index (χ0) is 13.2. The van der Waals surface area contributed by atoms with Gasteiger partial charge >= 0.3 is 0 Å². The van der Waals surface area contributed by atoms with E-state index in [1.165, 1.54) is 6.42 Å². The normalized spacial score (nSPS) is 19.9. The molecule has 0 radical (unpaired) electrons. The van der Waals surface area contributed by atoms with Gasteiger partial charge in [0.05, 0.1) is 6.20 Å². The molecule has 6 nitrogen and oxygen atoms in total. The number of nitrogens with two attached hydrogens (primary N) is 1. The van der Waals surface area contributed by atoms with Crippen LogP contribution in [-0.4, -0.2) is 38.5 Å². The summed E-state index contributed by atoms with van der Waals surface area (Å²) in [6.45, 7) is 4.26. The van der Waals surface area contributed by atoms with Gasteiger partial charge in [-0.25, -0.2) is 15.8 Å². The molecule has 1 atom stereocenters. The Morgan fingerprint density at radius 2 is 2.47 bits per heavy atom. The Kier molecular flexibility index (Phi) is 3.48. The van der Waals surface area contributed by atoms with Crippen molar-refractivity contribution >= 4 is 29.0 Å². The Balaban J connectivity index is 2.00. The molecule has 1 aliphatic rings. The van der Waals surface area contributed by atoms with E-state index in [-0.39, 0.29) is 0 Å². The number of hydrazine groups is 1. The monoisotopic (exact) mass is 278 g/mol. The number of nitrogens with zero attached hydrogens (tertiary/aromatic N) is 4. The maximum atomic E-state index is 5.49. The number of anilines is 2. The molecule has 1 aliphatic heterocycles. The van der Waals surface area contributed by atoms with Crippen LogP contribution in [0.3, 0.4) is 0 Å². The van der Waals surface area contributed by atoms with E-state index in [9.17, 15) is 0 Å². The van der Waals surface area contributed by atoms with Gasteiger partial charge < -0.3 is 14.7 Å². The van der Waals surface area contributed by atoms with Crippen molar-refractivity contribution in [2.75, 3.05) is 29.2 Å². The zero-order valence-corrected chi connectivity index (χ0v) is 11.7. The summed E-state index contributed by atoms with van der Waals surface area (Å²) in [4.78, 5) is 11.3. The predicted molar refractivity (Wildman–Crippen MR) is 79.5 cm³/mol. The molecule has 0 aromatic carbocycles. The van der Waals surface area contributed by atoms with Crippen molar-refractivity contribution in [1.82, 2.24) is 14.4 Å². The third-order valence-electron chi connectivity index (χ3n) is 3.40. The first-order chi connectivity index (χ1) is 9.31. The highest BCUT2D eigenvalue weighted by atomic mass is 32.2. The van der Waals surface area contributed by atoms with E-state index in [1.807, 2.05) is 28.6 Å². The quantitative estimate of drug-likeness (QED) is 0.652. The summed E-state index contributed by atoms with van der Waals surface area (Å²) in [7, 11) is 0. The fourth-order valence-electron chi connectivity index (χ4n) is 2.36. The third-order valence-corrected chi connectivity index (χ3v) is 4.77. The summed E-state index contributed by atoms with van der Waals surface area (Å²) in [5, 5.41) is 0.667. The highest BCUT2D eigenvalue weighted by Crippen LogP contribution is 2.27. The lowest BCUT2D eigenvalue weighted by atomic mass is 10.3. The van der Waals surface area contributed by atoms with Crippen molar-refractivity contribution in [2.24, 2.45) is 5.84 Å².